The molecule has 6 nitrogen and oxygen atoms in total. The Morgan fingerprint density at radius 2 is 1.73 bits per heavy atom. The molecule has 4 aliphatic carbocycles. The number of ketones is 1. The van der Waals surface area contributed by atoms with Gasteiger partial charge < -0.3 is 5.32 Å². The largest absolute Gasteiger partial charge is 0.389 e. The molecule has 1 N–H and O–H groups in total. The monoisotopic (exact) mass is 609 g/mol. The molecule has 0 saturated heterocycles. The van der Waals surface area contributed by atoms with E-state index in [1.54, 1.807) is 38.1 Å². The molecule has 0 spiro atoms. The zero-order valence-electron chi connectivity index (χ0n) is 22.3. The number of benzene rings is 1. The fourth-order valence-corrected chi connectivity index (χ4v) is 9.16. The number of halogens is 6. The highest BCUT2D eigenvalue weighted by Gasteiger charge is 2.75. The first kappa shape index (κ1) is 29.7. The van der Waals surface area contributed by atoms with Gasteiger partial charge in [0, 0.05) is 48.2 Å². The van der Waals surface area contributed by atoms with Gasteiger partial charge in [0.15, 0.2) is 5.78 Å². The lowest BCUT2D eigenvalue weighted by atomic mass is 9.38. The molecule has 40 heavy (non-hydrogen) atoms. The standard InChI is InChI=1S/C27H33ClF5N3O3S/c1-23(2)21(20(37)4-3-9-27(31,32)33)34-22(35-23)24-14-25(15-24,16-24)36(12-17-5-7-19(28)8-6-17)40(38,39)13-18-10-26(29,30)11-18/h5-8,18,21H,3-4,9-16H2,1-2H3,(H,34,35)/t21-,24?,25?/m0/s1. The molecule has 1 aliphatic heterocycles. The number of amidine groups is 1. The Morgan fingerprint density at radius 1 is 1.12 bits per heavy atom. The first-order valence-electron chi connectivity index (χ1n) is 13.4. The molecule has 222 valence electrons. The van der Waals surface area contributed by atoms with Crippen LogP contribution in [-0.2, 0) is 21.4 Å². The molecule has 1 aromatic rings. The Hall–Kier alpha value is -1.79. The van der Waals surface area contributed by atoms with Crippen molar-refractivity contribution in [3.05, 3.63) is 34.9 Å². The summed E-state index contributed by atoms with van der Waals surface area (Å²) in [5.41, 5.74) is -1.19. The fraction of sp³-hybridized carbons (Fsp3) is 0.704. The fourth-order valence-electron chi connectivity index (χ4n) is 6.90. The molecule has 1 heterocycles. The van der Waals surface area contributed by atoms with Crippen LogP contribution in [0.5, 0.6) is 0 Å². The first-order valence-corrected chi connectivity index (χ1v) is 15.4. The molecule has 1 aromatic carbocycles. The number of Topliss-reactive ketones (excluding diaryl/α,β-unsaturated/α-hetero) is 1. The van der Waals surface area contributed by atoms with Gasteiger partial charge in [0.25, 0.3) is 0 Å². The Kier molecular flexibility index (Phi) is 7.14. The molecule has 0 radical (unpaired) electrons. The van der Waals surface area contributed by atoms with Crippen molar-refractivity contribution in [1.29, 1.82) is 0 Å². The van der Waals surface area contributed by atoms with Crippen molar-refractivity contribution in [3.63, 3.8) is 0 Å². The summed E-state index contributed by atoms with van der Waals surface area (Å²) in [5, 5.41) is 3.81. The number of carbonyl (C=O) groups excluding carboxylic acids is 1. The van der Waals surface area contributed by atoms with Crippen LogP contribution in [0.3, 0.4) is 0 Å². The van der Waals surface area contributed by atoms with E-state index in [9.17, 15) is 35.2 Å². The third-order valence-corrected chi connectivity index (χ3v) is 11.1. The van der Waals surface area contributed by atoms with Gasteiger partial charge in [-0.3, -0.25) is 9.79 Å². The van der Waals surface area contributed by atoms with Gasteiger partial charge in [-0.2, -0.15) is 17.5 Å². The van der Waals surface area contributed by atoms with E-state index in [-0.39, 0.29) is 30.9 Å². The number of sulfonamides is 1. The van der Waals surface area contributed by atoms with Crippen LogP contribution >= 0.6 is 11.6 Å². The summed E-state index contributed by atoms with van der Waals surface area (Å²) in [5.74, 6) is -3.52. The lowest BCUT2D eigenvalue weighted by molar-refractivity contribution is -0.151. The minimum atomic E-state index is -4.32. The van der Waals surface area contributed by atoms with Crippen LogP contribution in [0, 0.1) is 11.3 Å². The molecule has 2 bridgehead atoms. The second-order valence-corrected chi connectivity index (χ2v) is 15.1. The van der Waals surface area contributed by atoms with Gasteiger partial charge >= 0.3 is 6.18 Å². The molecular weight excluding hydrogens is 577 g/mol. The number of nitrogens with zero attached hydrogens (tertiary/aromatic N) is 2. The van der Waals surface area contributed by atoms with E-state index in [0.717, 1.165) is 5.56 Å². The van der Waals surface area contributed by atoms with Gasteiger partial charge in [0.05, 0.1) is 11.3 Å². The second kappa shape index (κ2) is 9.62. The van der Waals surface area contributed by atoms with Crippen molar-refractivity contribution in [2.75, 3.05) is 5.75 Å². The number of rotatable bonds is 11. The summed E-state index contributed by atoms with van der Waals surface area (Å²) in [6.45, 7) is 3.65. The average molecular weight is 610 g/mol. The first-order chi connectivity index (χ1) is 18.3. The molecule has 0 amide bonds. The second-order valence-electron chi connectivity index (χ2n) is 12.7. The highest BCUT2D eigenvalue weighted by molar-refractivity contribution is 7.89. The van der Waals surface area contributed by atoms with E-state index in [0.29, 0.717) is 30.1 Å². The smallest absolute Gasteiger partial charge is 0.366 e. The molecule has 5 aliphatic rings. The summed E-state index contributed by atoms with van der Waals surface area (Å²) >= 11 is 6.00. The van der Waals surface area contributed by atoms with Gasteiger partial charge in [0.2, 0.25) is 15.9 Å². The molecule has 4 fully saturated rings. The van der Waals surface area contributed by atoms with E-state index < -0.39 is 69.8 Å². The number of aliphatic imine (C=N–C) groups is 1. The number of hydrogen-bond donors (Lipinski definition) is 1. The lowest BCUT2D eigenvalue weighted by Gasteiger charge is -2.73. The molecule has 6 rings (SSSR count). The molecule has 1 atom stereocenters. The van der Waals surface area contributed by atoms with Gasteiger partial charge in [0.1, 0.15) is 11.9 Å². The number of nitrogens with one attached hydrogen (secondary N) is 1. The maximum atomic E-state index is 13.6. The van der Waals surface area contributed by atoms with Gasteiger partial charge in [-0.05, 0) is 63.1 Å². The SMILES string of the molecule is CC1(C)NC(C23CC(N(Cc4ccc(Cl)cc4)S(=O)(=O)CC4CC(F)(F)C4)(C2)C3)=N[C@H]1C(=O)CCCC(F)(F)F. The van der Waals surface area contributed by atoms with Crippen molar-refractivity contribution in [3.8, 4) is 0 Å². The summed E-state index contributed by atoms with van der Waals surface area (Å²) in [6.07, 6.45) is -5.36. The van der Waals surface area contributed by atoms with Gasteiger partial charge in [-0.1, -0.05) is 23.7 Å². The highest BCUT2D eigenvalue weighted by atomic mass is 35.5. The lowest BCUT2D eigenvalue weighted by Crippen LogP contribution is -2.79. The van der Waals surface area contributed by atoms with E-state index in [2.05, 4.69) is 10.3 Å². The maximum Gasteiger partial charge on any atom is 0.389 e. The van der Waals surface area contributed by atoms with E-state index in [4.69, 9.17) is 11.6 Å². The van der Waals surface area contributed by atoms with Crippen molar-refractivity contribution in [1.82, 2.24) is 9.62 Å². The quantitative estimate of drug-likeness (QED) is 0.317. The van der Waals surface area contributed by atoms with Crippen LogP contribution < -0.4 is 5.32 Å². The summed E-state index contributed by atoms with van der Waals surface area (Å²) in [4.78, 5) is 17.4. The van der Waals surface area contributed by atoms with Gasteiger partial charge in [-0.25, -0.2) is 17.2 Å². The van der Waals surface area contributed by atoms with Crippen LogP contribution in [0.25, 0.3) is 0 Å². The third kappa shape index (κ3) is 5.64. The van der Waals surface area contributed by atoms with Crippen LogP contribution in [0.2, 0.25) is 5.02 Å². The number of carbonyl (C=O) groups is 1. The third-order valence-electron chi connectivity index (χ3n) is 8.80. The minimum Gasteiger partial charge on any atom is -0.366 e. The van der Waals surface area contributed by atoms with E-state index >= 15 is 0 Å². The van der Waals surface area contributed by atoms with Crippen molar-refractivity contribution >= 4 is 33.2 Å². The summed E-state index contributed by atoms with van der Waals surface area (Å²) in [7, 11) is -3.88. The predicted molar refractivity (Wildman–Crippen MR) is 141 cm³/mol. The Balaban J connectivity index is 1.30. The number of alkyl halides is 5. The average Bonchev–Trinajstić information content (AvgIpc) is 3.05. The molecule has 0 aromatic heterocycles. The van der Waals surface area contributed by atoms with Crippen molar-refractivity contribution in [2.45, 2.75) is 101 Å². The molecular formula is C27H33ClF5N3O3S. The molecule has 0 unspecified atom stereocenters. The Bertz CT molecular complexity index is 1290. The van der Waals surface area contributed by atoms with E-state index in [1.165, 1.54) is 4.31 Å². The normalized spacial score (nSPS) is 30.6. The number of hydrogen-bond acceptors (Lipinski definition) is 5. The van der Waals surface area contributed by atoms with Crippen LogP contribution in [-0.4, -0.2) is 59.3 Å². The zero-order chi connectivity index (χ0) is 29.4. The van der Waals surface area contributed by atoms with Crippen LogP contribution in [0.4, 0.5) is 22.0 Å². The Labute approximate surface area is 235 Å². The Morgan fingerprint density at radius 3 is 2.27 bits per heavy atom. The minimum absolute atomic E-state index is 0.0877. The summed E-state index contributed by atoms with van der Waals surface area (Å²) in [6, 6.07) is 5.99. The zero-order valence-corrected chi connectivity index (χ0v) is 23.9. The van der Waals surface area contributed by atoms with Crippen LogP contribution in [0.1, 0.15) is 70.8 Å². The van der Waals surface area contributed by atoms with Crippen LogP contribution in [0.15, 0.2) is 29.3 Å². The highest BCUT2D eigenvalue weighted by Crippen LogP contribution is 2.71. The topological polar surface area (TPSA) is 78.8 Å². The van der Waals surface area contributed by atoms with Gasteiger partial charge in [-0.15, -0.1) is 0 Å². The maximum absolute atomic E-state index is 13.6. The van der Waals surface area contributed by atoms with Crippen molar-refractivity contribution < 1.29 is 35.2 Å². The molecule has 13 heteroatoms. The summed E-state index contributed by atoms with van der Waals surface area (Å²) < 4.78 is 93.2. The van der Waals surface area contributed by atoms with E-state index in [1.807, 2.05) is 0 Å². The van der Waals surface area contributed by atoms with Crippen molar-refractivity contribution in [2.24, 2.45) is 16.3 Å². The molecule has 4 saturated carbocycles. The predicted octanol–water partition coefficient (Wildman–Crippen LogP) is 5.89.